The largest absolute Gasteiger partial charge is 0.399 e. The predicted molar refractivity (Wildman–Crippen MR) is 73.6 cm³/mol. The highest BCUT2D eigenvalue weighted by molar-refractivity contribution is 9.10. The van der Waals surface area contributed by atoms with Gasteiger partial charge in [0.25, 0.3) is 5.91 Å². The summed E-state index contributed by atoms with van der Waals surface area (Å²) < 4.78 is 5.61. The Morgan fingerprint density at radius 1 is 1.47 bits per heavy atom. The van der Waals surface area contributed by atoms with E-state index in [1.54, 1.807) is 25.1 Å². The number of nitrogens with one attached hydrogen (secondary N) is 1. The van der Waals surface area contributed by atoms with Crippen LogP contribution in [0.4, 0.5) is 5.69 Å². The molecule has 0 radical (unpaired) electrons. The molecule has 19 heavy (non-hydrogen) atoms. The molecule has 0 atom stereocenters. The number of rotatable bonds is 4. The first-order valence-electron chi connectivity index (χ1n) is 5.68. The number of nitrogen functional groups attached to an aromatic ring is 1. The number of anilines is 1. The smallest absolute Gasteiger partial charge is 0.251 e. The summed E-state index contributed by atoms with van der Waals surface area (Å²) in [6.45, 7) is 2.16. The van der Waals surface area contributed by atoms with Gasteiger partial charge in [-0.1, -0.05) is 21.1 Å². The fourth-order valence-corrected chi connectivity index (χ4v) is 2.09. The average molecular weight is 325 g/mol. The van der Waals surface area contributed by atoms with Gasteiger partial charge in [-0.05, 0) is 18.2 Å². The van der Waals surface area contributed by atoms with Crippen LogP contribution < -0.4 is 11.1 Å². The molecule has 1 amide bonds. The number of hydrogen-bond acceptors (Lipinski definition) is 5. The summed E-state index contributed by atoms with van der Waals surface area (Å²) in [5.41, 5.74) is 6.72. The van der Waals surface area contributed by atoms with Crippen LogP contribution >= 0.6 is 15.9 Å². The maximum absolute atomic E-state index is 11.9. The van der Waals surface area contributed by atoms with Crippen LogP contribution in [0, 0.1) is 6.92 Å². The second-order valence-corrected chi connectivity index (χ2v) is 4.92. The number of aryl methyl sites for hydroxylation is 1. The quantitative estimate of drug-likeness (QED) is 0.835. The molecule has 7 heteroatoms. The summed E-state index contributed by atoms with van der Waals surface area (Å²) in [5.74, 6) is 0.904. The predicted octanol–water partition coefficient (Wildman–Crippen LogP) is 1.70. The van der Waals surface area contributed by atoms with E-state index in [1.807, 2.05) is 0 Å². The van der Waals surface area contributed by atoms with Crippen LogP contribution in [-0.4, -0.2) is 22.6 Å². The van der Waals surface area contributed by atoms with Gasteiger partial charge in [-0.25, -0.2) is 0 Å². The number of nitrogens with zero attached hydrogens (tertiary/aromatic N) is 2. The zero-order chi connectivity index (χ0) is 13.8. The molecule has 6 nitrogen and oxygen atoms in total. The Kier molecular flexibility index (Phi) is 4.16. The van der Waals surface area contributed by atoms with Crippen molar-refractivity contribution >= 4 is 27.5 Å². The molecule has 100 valence electrons. The van der Waals surface area contributed by atoms with Gasteiger partial charge in [-0.2, -0.15) is 4.98 Å². The summed E-state index contributed by atoms with van der Waals surface area (Å²) in [6, 6.07) is 5.07. The molecule has 0 aliphatic heterocycles. The lowest BCUT2D eigenvalue weighted by Gasteiger charge is -2.05. The average Bonchev–Trinajstić information content (AvgIpc) is 2.73. The maximum atomic E-state index is 11.9. The summed E-state index contributed by atoms with van der Waals surface area (Å²) in [5, 5.41) is 6.52. The van der Waals surface area contributed by atoms with Gasteiger partial charge in [0.15, 0.2) is 5.82 Å². The Balaban J connectivity index is 1.90. The number of amides is 1. The van der Waals surface area contributed by atoms with Gasteiger partial charge in [0.1, 0.15) is 0 Å². The third-order valence-electron chi connectivity index (χ3n) is 2.39. The minimum Gasteiger partial charge on any atom is -0.399 e. The van der Waals surface area contributed by atoms with Crippen molar-refractivity contribution < 1.29 is 9.32 Å². The van der Waals surface area contributed by atoms with Crippen LogP contribution in [0.1, 0.15) is 22.1 Å². The molecule has 0 unspecified atom stereocenters. The second kappa shape index (κ2) is 5.83. The molecule has 1 aromatic carbocycles. The van der Waals surface area contributed by atoms with Crippen molar-refractivity contribution in [2.75, 3.05) is 12.3 Å². The number of nitrogens with two attached hydrogens (primary N) is 1. The molecule has 3 N–H and O–H groups in total. The summed E-state index contributed by atoms with van der Waals surface area (Å²) >= 11 is 3.30. The van der Waals surface area contributed by atoms with Crippen molar-refractivity contribution in [2.45, 2.75) is 13.3 Å². The molecule has 0 fully saturated rings. The van der Waals surface area contributed by atoms with E-state index in [0.717, 1.165) is 4.47 Å². The van der Waals surface area contributed by atoms with Crippen LogP contribution in [0.3, 0.4) is 0 Å². The topological polar surface area (TPSA) is 94.0 Å². The third-order valence-corrected chi connectivity index (χ3v) is 2.84. The van der Waals surface area contributed by atoms with Crippen LogP contribution in [0.5, 0.6) is 0 Å². The van der Waals surface area contributed by atoms with Gasteiger partial charge in [0.2, 0.25) is 5.89 Å². The first-order chi connectivity index (χ1) is 9.04. The standard InChI is InChI=1S/C12H13BrN4O2/c1-7-16-11(17-19-7)2-3-15-12(18)8-4-9(13)6-10(14)5-8/h4-6H,2-3,14H2,1H3,(H,15,18). The van der Waals surface area contributed by atoms with Crippen LogP contribution in [-0.2, 0) is 6.42 Å². The maximum Gasteiger partial charge on any atom is 0.251 e. The number of benzene rings is 1. The Morgan fingerprint density at radius 3 is 2.89 bits per heavy atom. The summed E-state index contributed by atoms with van der Waals surface area (Å²) in [4.78, 5) is 15.9. The van der Waals surface area contributed by atoms with Crippen LogP contribution in [0.25, 0.3) is 0 Å². The first kappa shape index (κ1) is 13.5. The van der Waals surface area contributed by atoms with Crippen LogP contribution in [0.2, 0.25) is 0 Å². The Bertz CT molecular complexity index is 577. The van der Waals surface area contributed by atoms with Gasteiger partial charge >= 0.3 is 0 Å². The SMILES string of the molecule is Cc1nc(CCNC(=O)c2cc(N)cc(Br)c2)no1. The van der Waals surface area contributed by atoms with Crippen molar-refractivity contribution in [3.63, 3.8) is 0 Å². The van der Waals surface area contributed by atoms with E-state index in [9.17, 15) is 4.79 Å². The second-order valence-electron chi connectivity index (χ2n) is 4.01. The van der Waals surface area contributed by atoms with Gasteiger partial charge in [-0.3, -0.25) is 4.79 Å². The van der Waals surface area contributed by atoms with E-state index >= 15 is 0 Å². The number of halogens is 1. The molecular weight excluding hydrogens is 312 g/mol. The van der Waals surface area contributed by atoms with E-state index in [2.05, 4.69) is 31.4 Å². The fraction of sp³-hybridized carbons (Fsp3) is 0.250. The zero-order valence-electron chi connectivity index (χ0n) is 10.3. The number of carbonyl (C=O) groups excluding carboxylic acids is 1. The molecular formula is C12H13BrN4O2. The molecule has 0 bridgehead atoms. The highest BCUT2D eigenvalue weighted by Crippen LogP contribution is 2.17. The molecule has 2 rings (SSSR count). The Hall–Kier alpha value is -1.89. The molecule has 0 spiro atoms. The van der Waals surface area contributed by atoms with Crippen molar-refractivity contribution in [3.8, 4) is 0 Å². The molecule has 0 aliphatic rings. The first-order valence-corrected chi connectivity index (χ1v) is 6.47. The van der Waals surface area contributed by atoms with Gasteiger partial charge in [0, 0.05) is 35.6 Å². The molecule has 1 aromatic heterocycles. The lowest BCUT2D eigenvalue weighted by atomic mass is 10.2. The molecule has 2 aromatic rings. The van der Waals surface area contributed by atoms with E-state index in [1.165, 1.54) is 0 Å². The number of aromatic nitrogens is 2. The van der Waals surface area contributed by atoms with E-state index in [0.29, 0.717) is 35.9 Å². The number of hydrogen-bond donors (Lipinski definition) is 2. The Labute approximate surface area is 118 Å². The van der Waals surface area contributed by atoms with Crippen molar-refractivity contribution in [1.29, 1.82) is 0 Å². The van der Waals surface area contributed by atoms with Gasteiger partial charge in [0.05, 0.1) is 0 Å². The van der Waals surface area contributed by atoms with Gasteiger partial charge < -0.3 is 15.6 Å². The zero-order valence-corrected chi connectivity index (χ0v) is 11.9. The molecule has 0 saturated heterocycles. The van der Waals surface area contributed by atoms with E-state index in [4.69, 9.17) is 10.3 Å². The molecule has 0 saturated carbocycles. The Morgan fingerprint density at radius 2 is 2.26 bits per heavy atom. The third kappa shape index (κ3) is 3.78. The molecule has 0 aliphatic carbocycles. The normalized spacial score (nSPS) is 10.4. The summed E-state index contributed by atoms with van der Waals surface area (Å²) in [6.07, 6.45) is 0.520. The minimum atomic E-state index is -0.187. The monoisotopic (exact) mass is 324 g/mol. The minimum absolute atomic E-state index is 0.187. The van der Waals surface area contributed by atoms with E-state index in [-0.39, 0.29) is 5.91 Å². The van der Waals surface area contributed by atoms with E-state index < -0.39 is 0 Å². The van der Waals surface area contributed by atoms with Crippen molar-refractivity contribution in [2.24, 2.45) is 0 Å². The summed E-state index contributed by atoms with van der Waals surface area (Å²) in [7, 11) is 0. The lowest BCUT2D eigenvalue weighted by molar-refractivity contribution is 0.0954. The lowest BCUT2D eigenvalue weighted by Crippen LogP contribution is -2.26. The van der Waals surface area contributed by atoms with Crippen molar-refractivity contribution in [3.05, 3.63) is 40.0 Å². The fourth-order valence-electron chi connectivity index (χ4n) is 1.58. The number of carbonyl (C=O) groups is 1. The molecule has 1 heterocycles. The highest BCUT2D eigenvalue weighted by Gasteiger charge is 2.08. The van der Waals surface area contributed by atoms with Crippen molar-refractivity contribution in [1.82, 2.24) is 15.5 Å². The van der Waals surface area contributed by atoms with Gasteiger partial charge in [-0.15, -0.1) is 0 Å². The highest BCUT2D eigenvalue weighted by atomic mass is 79.9. The van der Waals surface area contributed by atoms with Crippen LogP contribution in [0.15, 0.2) is 27.2 Å².